The highest BCUT2D eigenvalue weighted by Crippen LogP contribution is 2.28. The lowest BCUT2D eigenvalue weighted by molar-refractivity contribution is 0.102. The number of urea groups is 1. The van der Waals surface area contributed by atoms with E-state index in [1.54, 1.807) is 22.8 Å². The van der Waals surface area contributed by atoms with Gasteiger partial charge in [-0.05, 0) is 36.8 Å². The number of hydrogen-bond acceptors (Lipinski definition) is 3. The van der Waals surface area contributed by atoms with Gasteiger partial charge in [0.05, 0.1) is 11.9 Å². The molecule has 8 heteroatoms. The Morgan fingerprint density at radius 2 is 2.00 bits per heavy atom. The predicted molar refractivity (Wildman–Crippen MR) is 102 cm³/mol. The molecule has 0 radical (unpaired) electrons. The van der Waals surface area contributed by atoms with E-state index >= 15 is 0 Å². The number of aromatic nitrogens is 3. The fraction of sp³-hybridized carbons (Fsp3) is 0.211. The normalized spacial score (nSPS) is 13.7. The zero-order chi connectivity index (χ0) is 19.0. The van der Waals surface area contributed by atoms with Crippen LogP contribution in [0.15, 0.2) is 48.9 Å². The summed E-state index contributed by atoms with van der Waals surface area (Å²) >= 11 is 0. The Balaban J connectivity index is 1.64. The molecule has 1 aliphatic heterocycles. The van der Waals surface area contributed by atoms with Gasteiger partial charge < -0.3 is 15.2 Å². The van der Waals surface area contributed by atoms with Crippen molar-refractivity contribution in [2.24, 2.45) is 7.05 Å². The van der Waals surface area contributed by atoms with Crippen LogP contribution in [0.3, 0.4) is 0 Å². The van der Waals surface area contributed by atoms with E-state index in [0.717, 1.165) is 11.3 Å². The second kappa shape index (κ2) is 6.64. The molecular weight excluding hydrogens is 344 g/mol. The Morgan fingerprint density at radius 1 is 1.22 bits per heavy atom. The minimum Gasteiger partial charge on any atom is -0.336 e. The minimum atomic E-state index is -0.252. The third-order valence-electron chi connectivity index (χ3n) is 4.70. The van der Waals surface area contributed by atoms with Gasteiger partial charge in [-0.1, -0.05) is 6.07 Å². The monoisotopic (exact) mass is 364 g/mol. The number of aryl methyl sites for hydroxylation is 1. The lowest BCUT2D eigenvalue weighted by Crippen LogP contribution is -2.28. The molecule has 3 amide bonds. The van der Waals surface area contributed by atoms with Crippen LogP contribution in [0, 0.1) is 6.92 Å². The van der Waals surface area contributed by atoms with Crippen LogP contribution >= 0.6 is 0 Å². The van der Waals surface area contributed by atoms with Crippen LogP contribution < -0.4 is 15.5 Å². The van der Waals surface area contributed by atoms with E-state index < -0.39 is 0 Å². The molecule has 1 fully saturated rings. The zero-order valence-electron chi connectivity index (χ0n) is 15.1. The van der Waals surface area contributed by atoms with Gasteiger partial charge in [0.15, 0.2) is 0 Å². The maximum Gasteiger partial charge on any atom is 0.322 e. The summed E-state index contributed by atoms with van der Waals surface area (Å²) in [5.74, 6) is 0.433. The van der Waals surface area contributed by atoms with E-state index in [-0.39, 0.29) is 11.9 Å². The van der Waals surface area contributed by atoms with E-state index in [1.165, 1.54) is 0 Å². The van der Waals surface area contributed by atoms with Gasteiger partial charge in [0, 0.05) is 38.2 Å². The number of benzene rings is 1. The molecule has 2 N–H and O–H groups in total. The summed E-state index contributed by atoms with van der Waals surface area (Å²) in [5, 5.41) is 9.97. The van der Waals surface area contributed by atoms with E-state index in [4.69, 9.17) is 0 Å². The summed E-state index contributed by atoms with van der Waals surface area (Å²) in [7, 11) is 1.80. The van der Waals surface area contributed by atoms with Crippen LogP contribution in [0.1, 0.15) is 15.9 Å². The number of nitrogens with zero attached hydrogens (tertiary/aromatic N) is 4. The van der Waals surface area contributed by atoms with Gasteiger partial charge in [-0.25, -0.2) is 4.79 Å². The van der Waals surface area contributed by atoms with Gasteiger partial charge >= 0.3 is 6.03 Å². The Hall–Kier alpha value is -3.55. The number of carbonyl (C=O) groups is 2. The molecule has 0 bridgehead atoms. The molecule has 0 unspecified atom stereocenters. The van der Waals surface area contributed by atoms with Gasteiger partial charge in [0.25, 0.3) is 5.91 Å². The maximum absolute atomic E-state index is 12.9. The van der Waals surface area contributed by atoms with Crippen LogP contribution in [0.5, 0.6) is 0 Å². The first-order valence-electron chi connectivity index (χ1n) is 8.68. The summed E-state index contributed by atoms with van der Waals surface area (Å²) in [6.45, 7) is 3.12. The van der Waals surface area contributed by atoms with Crippen LogP contribution in [-0.4, -0.2) is 39.4 Å². The van der Waals surface area contributed by atoms with Gasteiger partial charge in [0.2, 0.25) is 0 Å². The largest absolute Gasteiger partial charge is 0.336 e. The Kier molecular flexibility index (Phi) is 4.15. The number of amides is 3. The van der Waals surface area contributed by atoms with E-state index in [9.17, 15) is 9.59 Å². The summed E-state index contributed by atoms with van der Waals surface area (Å²) in [6, 6.07) is 9.21. The van der Waals surface area contributed by atoms with Crippen molar-refractivity contribution >= 4 is 23.3 Å². The SMILES string of the molecule is Cc1c(NC(=O)c2cnn(C)c2-n2cccc2)cccc1N1CCNC1=O. The standard InChI is InChI=1S/C19H20N6O2/c1-13-15(6-5-7-16(13)25-11-8-20-19(25)27)22-17(26)14-12-21-23(2)18(14)24-9-3-4-10-24/h3-7,9-10,12H,8,11H2,1-2H3,(H,20,27)(H,22,26). The van der Waals surface area contributed by atoms with Crippen molar-refractivity contribution in [2.75, 3.05) is 23.3 Å². The van der Waals surface area contributed by atoms with Crippen molar-refractivity contribution in [1.82, 2.24) is 19.7 Å². The van der Waals surface area contributed by atoms with Gasteiger partial charge in [-0.2, -0.15) is 5.10 Å². The summed E-state index contributed by atoms with van der Waals surface area (Å²) in [4.78, 5) is 26.6. The molecule has 8 nitrogen and oxygen atoms in total. The van der Waals surface area contributed by atoms with Crippen LogP contribution in [-0.2, 0) is 7.05 Å². The molecule has 4 rings (SSSR count). The topological polar surface area (TPSA) is 84.2 Å². The van der Waals surface area contributed by atoms with Crippen LogP contribution in [0.4, 0.5) is 16.2 Å². The van der Waals surface area contributed by atoms with E-state index in [1.807, 2.05) is 54.2 Å². The van der Waals surface area contributed by atoms with Crippen molar-refractivity contribution in [3.8, 4) is 5.82 Å². The lowest BCUT2D eigenvalue weighted by atomic mass is 10.1. The number of nitrogens with one attached hydrogen (secondary N) is 2. The average molecular weight is 364 g/mol. The van der Waals surface area contributed by atoms with Gasteiger partial charge in [-0.3, -0.25) is 14.4 Å². The fourth-order valence-electron chi connectivity index (χ4n) is 3.32. The number of carbonyl (C=O) groups excluding carboxylic acids is 2. The Morgan fingerprint density at radius 3 is 2.70 bits per heavy atom. The van der Waals surface area contributed by atoms with Crippen molar-refractivity contribution in [3.63, 3.8) is 0 Å². The summed E-state index contributed by atoms with van der Waals surface area (Å²) < 4.78 is 3.51. The number of rotatable bonds is 4. The molecular formula is C19H20N6O2. The highest BCUT2D eigenvalue weighted by molar-refractivity contribution is 6.07. The molecule has 0 atom stereocenters. The smallest absolute Gasteiger partial charge is 0.322 e. The quantitative estimate of drug-likeness (QED) is 0.745. The first kappa shape index (κ1) is 16.9. The van der Waals surface area contributed by atoms with E-state index in [0.29, 0.717) is 30.2 Å². The van der Waals surface area contributed by atoms with Crippen molar-refractivity contribution in [3.05, 3.63) is 60.0 Å². The summed E-state index contributed by atoms with van der Waals surface area (Å²) in [5.41, 5.74) is 2.77. The van der Waals surface area contributed by atoms with Crippen molar-refractivity contribution in [2.45, 2.75) is 6.92 Å². The molecule has 0 spiro atoms. The van der Waals surface area contributed by atoms with Crippen molar-refractivity contribution in [1.29, 1.82) is 0 Å². The molecule has 0 aliphatic carbocycles. The molecule has 1 aromatic carbocycles. The fourth-order valence-corrected chi connectivity index (χ4v) is 3.32. The summed E-state index contributed by atoms with van der Waals surface area (Å²) in [6.07, 6.45) is 5.29. The predicted octanol–water partition coefficient (Wildman–Crippen LogP) is 2.30. The number of hydrogen-bond donors (Lipinski definition) is 2. The molecule has 27 heavy (non-hydrogen) atoms. The molecule has 0 saturated carbocycles. The highest BCUT2D eigenvalue weighted by atomic mass is 16.2. The molecule has 1 aliphatic rings. The van der Waals surface area contributed by atoms with Gasteiger partial charge in [0.1, 0.15) is 11.4 Å². The molecule has 3 aromatic rings. The molecule has 3 heterocycles. The van der Waals surface area contributed by atoms with E-state index in [2.05, 4.69) is 15.7 Å². The second-order valence-electron chi connectivity index (χ2n) is 6.38. The lowest BCUT2D eigenvalue weighted by Gasteiger charge is -2.19. The maximum atomic E-state index is 12.9. The molecule has 2 aromatic heterocycles. The molecule has 1 saturated heterocycles. The Labute approximate surface area is 156 Å². The second-order valence-corrected chi connectivity index (χ2v) is 6.38. The van der Waals surface area contributed by atoms with Gasteiger partial charge in [-0.15, -0.1) is 0 Å². The third-order valence-corrected chi connectivity index (χ3v) is 4.70. The third kappa shape index (κ3) is 2.95. The molecule has 138 valence electrons. The highest BCUT2D eigenvalue weighted by Gasteiger charge is 2.24. The first-order chi connectivity index (χ1) is 13.1. The average Bonchev–Trinajstić information content (AvgIpc) is 3.38. The number of anilines is 2. The Bertz CT molecular complexity index is 1010. The van der Waals surface area contributed by atoms with Crippen molar-refractivity contribution < 1.29 is 9.59 Å². The van der Waals surface area contributed by atoms with Crippen LogP contribution in [0.25, 0.3) is 5.82 Å². The zero-order valence-corrected chi connectivity index (χ0v) is 15.1. The van der Waals surface area contributed by atoms with Crippen LogP contribution in [0.2, 0.25) is 0 Å². The minimum absolute atomic E-state index is 0.122. The first-order valence-corrected chi connectivity index (χ1v) is 8.68.